The number of para-hydroxylation sites is 1. The fourth-order valence-corrected chi connectivity index (χ4v) is 9.93. The fraction of sp³-hybridized carbons (Fsp3) is 0.143. The maximum Gasteiger partial charge on any atom is 0.134 e. The van der Waals surface area contributed by atoms with Gasteiger partial charge < -0.3 is 9.32 Å². The molecule has 5 aliphatic carbocycles. The van der Waals surface area contributed by atoms with Crippen LogP contribution in [0.3, 0.4) is 0 Å². The number of allylic oxidation sites excluding steroid dienone is 15. The Morgan fingerprint density at radius 2 is 1.43 bits per heavy atom. The zero-order chi connectivity index (χ0) is 38.4. The summed E-state index contributed by atoms with van der Waals surface area (Å²) in [7, 11) is 0. The first-order valence-electron chi connectivity index (χ1n) is 21.0. The van der Waals surface area contributed by atoms with Gasteiger partial charge in [-0.05, 0) is 112 Å². The Balaban J connectivity index is 1.06. The van der Waals surface area contributed by atoms with Crippen molar-refractivity contribution in [1.82, 2.24) is 0 Å². The maximum absolute atomic E-state index is 6.45. The Labute approximate surface area is 341 Å². The van der Waals surface area contributed by atoms with Gasteiger partial charge in [0, 0.05) is 52.2 Å². The Hall–Kier alpha value is -6.64. The van der Waals surface area contributed by atoms with Crippen molar-refractivity contribution in [2.45, 2.75) is 38.0 Å². The summed E-state index contributed by atoms with van der Waals surface area (Å²) in [6, 6.07) is 46.6. The number of fused-ring (bicyclic) bond motifs is 5. The van der Waals surface area contributed by atoms with E-state index in [-0.39, 0.29) is 17.8 Å². The van der Waals surface area contributed by atoms with Crippen molar-refractivity contribution in [2.24, 2.45) is 11.8 Å². The summed E-state index contributed by atoms with van der Waals surface area (Å²) < 4.78 is 6.45. The molecule has 5 aromatic carbocycles. The third kappa shape index (κ3) is 6.21. The van der Waals surface area contributed by atoms with Crippen LogP contribution in [0.4, 0.5) is 11.4 Å². The summed E-state index contributed by atoms with van der Waals surface area (Å²) in [6.45, 7) is 0. The van der Waals surface area contributed by atoms with Crippen molar-refractivity contribution in [3.8, 4) is 11.1 Å². The topological polar surface area (TPSA) is 16.4 Å². The van der Waals surface area contributed by atoms with E-state index in [1.54, 1.807) is 0 Å². The van der Waals surface area contributed by atoms with Crippen molar-refractivity contribution >= 4 is 39.1 Å². The zero-order valence-corrected chi connectivity index (χ0v) is 32.6. The molecule has 1 heterocycles. The maximum atomic E-state index is 6.45. The number of rotatable bonds is 7. The van der Waals surface area contributed by atoms with E-state index >= 15 is 0 Å². The summed E-state index contributed by atoms with van der Waals surface area (Å²) in [6.07, 6.45) is 31.2. The first-order chi connectivity index (χ1) is 28.7. The molecule has 58 heavy (non-hydrogen) atoms. The lowest BCUT2D eigenvalue weighted by Gasteiger charge is -2.35. The van der Waals surface area contributed by atoms with Gasteiger partial charge in [-0.3, -0.25) is 0 Å². The number of anilines is 2. The third-order valence-corrected chi connectivity index (χ3v) is 12.7. The SMILES string of the molecule is C1=CC2C=C(N(c3cccc(-c4ccccc4)c3)c3ccc(C4C=CC5=C(C4)c4c(oc6ccccc46)CC5)c(C4=CCCC=C4)c3)C=C(c3ccccc3)C2C=C1. The second-order valence-corrected chi connectivity index (χ2v) is 16.2. The molecule has 1 aromatic heterocycles. The van der Waals surface area contributed by atoms with Gasteiger partial charge in [-0.15, -0.1) is 0 Å². The highest BCUT2D eigenvalue weighted by atomic mass is 16.3. The summed E-state index contributed by atoms with van der Waals surface area (Å²) in [5, 5.41) is 1.25. The van der Waals surface area contributed by atoms with E-state index in [4.69, 9.17) is 4.42 Å². The molecule has 3 atom stereocenters. The molecule has 0 saturated heterocycles. The van der Waals surface area contributed by atoms with Gasteiger partial charge in [0.25, 0.3) is 0 Å². The van der Waals surface area contributed by atoms with Crippen molar-refractivity contribution in [2.75, 3.05) is 4.90 Å². The lowest BCUT2D eigenvalue weighted by molar-refractivity contribution is 0.541. The van der Waals surface area contributed by atoms with E-state index in [0.717, 1.165) is 54.8 Å². The molecule has 0 fully saturated rings. The molecular formula is C56H45NO. The van der Waals surface area contributed by atoms with Gasteiger partial charge in [0.1, 0.15) is 11.3 Å². The monoisotopic (exact) mass is 747 g/mol. The van der Waals surface area contributed by atoms with Crippen LogP contribution in [0.2, 0.25) is 0 Å². The minimum absolute atomic E-state index is 0.242. The Morgan fingerprint density at radius 3 is 2.29 bits per heavy atom. The van der Waals surface area contributed by atoms with Crippen LogP contribution < -0.4 is 4.90 Å². The average molecular weight is 748 g/mol. The number of hydrogen-bond donors (Lipinski definition) is 0. The average Bonchev–Trinajstić information content (AvgIpc) is 3.69. The standard InChI is InChI=1S/C56H45NO/c1-4-15-38(16-5-1)42-22-14-23-45(33-42)57(47-34-43-21-10-11-24-48(43)52(37-47)40-19-8-3-9-20-40)46-30-31-49(51(36-46)39-17-6-2-7-18-39)44-28-27-41-29-32-55-56(53(41)35-44)50-25-12-13-26-54(50)58-55/h1,3-6,8-28,30-31,33-34,36-37,43-44,48H,2,7,29,32,35H2. The molecule has 0 bridgehead atoms. The molecule has 0 spiro atoms. The van der Waals surface area contributed by atoms with E-state index in [0.29, 0.717) is 0 Å². The molecule has 0 saturated carbocycles. The minimum Gasteiger partial charge on any atom is -0.460 e. The van der Waals surface area contributed by atoms with Gasteiger partial charge in [-0.1, -0.05) is 158 Å². The van der Waals surface area contributed by atoms with Crippen LogP contribution in [0.15, 0.2) is 210 Å². The largest absolute Gasteiger partial charge is 0.460 e. The van der Waals surface area contributed by atoms with Gasteiger partial charge in [0.15, 0.2) is 0 Å². The van der Waals surface area contributed by atoms with E-state index in [1.165, 1.54) is 66.8 Å². The number of hydrogen-bond acceptors (Lipinski definition) is 2. The van der Waals surface area contributed by atoms with Crippen molar-refractivity contribution in [1.29, 1.82) is 0 Å². The lowest BCUT2D eigenvalue weighted by atomic mass is 9.75. The van der Waals surface area contributed by atoms with Crippen LogP contribution in [0.5, 0.6) is 0 Å². The minimum atomic E-state index is 0.242. The Bertz CT molecular complexity index is 2820. The molecule has 2 nitrogen and oxygen atoms in total. The van der Waals surface area contributed by atoms with Crippen molar-refractivity contribution in [3.05, 3.63) is 234 Å². The molecule has 5 aliphatic rings. The predicted octanol–water partition coefficient (Wildman–Crippen LogP) is 14.8. The number of furan rings is 1. The first kappa shape index (κ1) is 34.6. The van der Waals surface area contributed by atoms with Crippen LogP contribution >= 0.6 is 0 Å². The van der Waals surface area contributed by atoms with Gasteiger partial charge in [0.2, 0.25) is 0 Å². The third-order valence-electron chi connectivity index (χ3n) is 12.7. The first-order valence-corrected chi connectivity index (χ1v) is 21.0. The number of nitrogens with zero attached hydrogens (tertiary/aromatic N) is 1. The molecule has 0 amide bonds. The van der Waals surface area contributed by atoms with E-state index < -0.39 is 0 Å². The van der Waals surface area contributed by atoms with Crippen molar-refractivity contribution < 1.29 is 4.42 Å². The van der Waals surface area contributed by atoms with Gasteiger partial charge >= 0.3 is 0 Å². The van der Waals surface area contributed by atoms with E-state index in [2.05, 4.69) is 199 Å². The molecule has 0 radical (unpaired) electrons. The quantitative estimate of drug-likeness (QED) is 0.162. The molecule has 0 aliphatic heterocycles. The Morgan fingerprint density at radius 1 is 0.638 bits per heavy atom. The van der Waals surface area contributed by atoms with Gasteiger partial charge in [0.05, 0.1) is 0 Å². The Kier molecular flexibility index (Phi) is 8.77. The normalized spacial score (nSPS) is 20.6. The number of aryl methyl sites for hydroxylation is 1. The molecule has 6 aromatic rings. The highest BCUT2D eigenvalue weighted by Crippen LogP contribution is 2.49. The van der Waals surface area contributed by atoms with Gasteiger partial charge in [-0.25, -0.2) is 0 Å². The summed E-state index contributed by atoms with van der Waals surface area (Å²) in [5.74, 6) is 1.92. The lowest BCUT2D eigenvalue weighted by Crippen LogP contribution is -2.24. The zero-order valence-electron chi connectivity index (χ0n) is 32.6. The predicted molar refractivity (Wildman–Crippen MR) is 243 cm³/mol. The van der Waals surface area contributed by atoms with E-state index in [1.807, 2.05) is 0 Å². The second-order valence-electron chi connectivity index (χ2n) is 16.2. The van der Waals surface area contributed by atoms with Gasteiger partial charge in [-0.2, -0.15) is 0 Å². The summed E-state index contributed by atoms with van der Waals surface area (Å²) in [4.78, 5) is 2.50. The molecule has 280 valence electrons. The van der Waals surface area contributed by atoms with Crippen LogP contribution in [0, 0.1) is 11.8 Å². The molecule has 0 N–H and O–H groups in total. The van der Waals surface area contributed by atoms with Crippen LogP contribution in [-0.2, 0) is 6.42 Å². The van der Waals surface area contributed by atoms with Crippen LogP contribution in [0.1, 0.15) is 59.6 Å². The molecule has 2 heteroatoms. The molecule has 11 rings (SSSR count). The molecular weight excluding hydrogens is 703 g/mol. The van der Waals surface area contributed by atoms with Crippen molar-refractivity contribution in [3.63, 3.8) is 0 Å². The summed E-state index contributed by atoms with van der Waals surface area (Å²) in [5.41, 5.74) is 17.8. The summed E-state index contributed by atoms with van der Waals surface area (Å²) >= 11 is 0. The molecule has 3 unspecified atom stereocenters. The highest BCUT2D eigenvalue weighted by Gasteiger charge is 2.32. The van der Waals surface area contributed by atoms with Crippen LogP contribution in [-0.4, -0.2) is 0 Å². The van der Waals surface area contributed by atoms with Crippen LogP contribution in [0.25, 0.3) is 38.8 Å². The van der Waals surface area contributed by atoms with E-state index in [9.17, 15) is 0 Å². The highest BCUT2D eigenvalue weighted by molar-refractivity contribution is 5.95. The number of benzene rings is 5. The smallest absolute Gasteiger partial charge is 0.134 e. The second kappa shape index (κ2) is 14.7. The fourth-order valence-electron chi connectivity index (χ4n) is 9.93.